The molecule has 0 spiro atoms. The number of nitrogens with zero attached hydrogens (tertiary/aromatic N) is 1. The lowest BCUT2D eigenvalue weighted by Crippen LogP contribution is -2.52. The van der Waals surface area contributed by atoms with Crippen LogP contribution in [0.5, 0.6) is 0 Å². The second-order valence-corrected chi connectivity index (χ2v) is 6.02. The van der Waals surface area contributed by atoms with Gasteiger partial charge in [-0.1, -0.05) is 38.5 Å². The average Bonchev–Trinajstić information content (AvgIpc) is 3.02. The first kappa shape index (κ1) is 18.4. The molecule has 1 heterocycles. The minimum absolute atomic E-state index is 0.187. The number of hydrogen-bond acceptors (Lipinski definition) is 4. The van der Waals surface area contributed by atoms with E-state index in [-0.39, 0.29) is 11.6 Å². The highest BCUT2D eigenvalue weighted by atomic mass is 16.4. The largest absolute Gasteiger partial charge is 0.480 e. The molecular weight excluding hydrogens is 324 g/mol. The zero-order chi connectivity index (χ0) is 18.6. The van der Waals surface area contributed by atoms with Gasteiger partial charge >= 0.3 is 5.97 Å². The fraction of sp³-hybridized carbons (Fsp3) is 0.412. The first-order valence-electron chi connectivity index (χ1n) is 8.12. The van der Waals surface area contributed by atoms with E-state index in [1.165, 1.54) is 6.92 Å². The van der Waals surface area contributed by atoms with Gasteiger partial charge in [-0.15, -0.1) is 0 Å². The molecule has 0 saturated heterocycles. The lowest BCUT2D eigenvalue weighted by molar-refractivity contribution is -0.143. The van der Waals surface area contributed by atoms with Gasteiger partial charge in [0.15, 0.2) is 5.69 Å². The van der Waals surface area contributed by atoms with Crippen LogP contribution in [0.1, 0.15) is 37.7 Å². The number of hydrogen-bond donors (Lipinski definition) is 4. The van der Waals surface area contributed by atoms with E-state index in [2.05, 4.69) is 20.8 Å². The molecule has 25 heavy (non-hydrogen) atoms. The van der Waals surface area contributed by atoms with Gasteiger partial charge < -0.3 is 15.7 Å². The van der Waals surface area contributed by atoms with Crippen LogP contribution in [-0.2, 0) is 9.59 Å². The Bertz CT molecular complexity index is 786. The van der Waals surface area contributed by atoms with Crippen molar-refractivity contribution in [2.75, 3.05) is 0 Å². The maximum atomic E-state index is 12.4. The number of aromatic nitrogens is 2. The summed E-state index contributed by atoms with van der Waals surface area (Å²) in [5, 5.41) is 21.6. The van der Waals surface area contributed by atoms with Crippen molar-refractivity contribution in [1.29, 1.82) is 0 Å². The van der Waals surface area contributed by atoms with Gasteiger partial charge in [-0.25, -0.2) is 4.79 Å². The Labute approximate surface area is 145 Å². The third kappa shape index (κ3) is 4.14. The van der Waals surface area contributed by atoms with E-state index in [1.807, 2.05) is 13.0 Å². The molecule has 2 amide bonds. The molecule has 0 bridgehead atoms. The van der Waals surface area contributed by atoms with Gasteiger partial charge in [0.05, 0.1) is 5.52 Å². The van der Waals surface area contributed by atoms with Crippen LogP contribution in [0.4, 0.5) is 0 Å². The number of para-hydroxylation sites is 1. The van der Waals surface area contributed by atoms with Crippen LogP contribution in [0.2, 0.25) is 0 Å². The molecule has 0 aliphatic carbocycles. The molecule has 0 fully saturated rings. The Morgan fingerprint density at radius 3 is 2.52 bits per heavy atom. The molecule has 2 rings (SSSR count). The molecule has 1 unspecified atom stereocenters. The summed E-state index contributed by atoms with van der Waals surface area (Å²) < 4.78 is 0. The van der Waals surface area contributed by atoms with Crippen LogP contribution in [0.3, 0.4) is 0 Å². The van der Waals surface area contributed by atoms with Crippen molar-refractivity contribution in [3.63, 3.8) is 0 Å². The number of rotatable bonds is 7. The number of benzene rings is 1. The number of aromatic amines is 1. The van der Waals surface area contributed by atoms with E-state index in [4.69, 9.17) is 0 Å². The van der Waals surface area contributed by atoms with Crippen molar-refractivity contribution in [3.8, 4) is 0 Å². The van der Waals surface area contributed by atoms with Crippen LogP contribution in [-0.4, -0.2) is 45.2 Å². The predicted octanol–water partition coefficient (Wildman–Crippen LogP) is 1.30. The summed E-state index contributed by atoms with van der Waals surface area (Å²) in [4.78, 5) is 35.9. The minimum Gasteiger partial charge on any atom is -0.480 e. The fourth-order valence-corrected chi connectivity index (χ4v) is 2.43. The topological polar surface area (TPSA) is 124 Å². The standard InChI is InChI=1S/C17H22N4O4/c1-4-9(2)13(17(24)25)19-15(22)10(3)18-16(23)14-11-7-5-6-8-12(11)20-21-14/h5-10,13H,4H2,1-3H3,(H,18,23)(H,19,22)(H,20,21)(H,24,25)/t9-,10?,13-/m0/s1. The van der Waals surface area contributed by atoms with E-state index < -0.39 is 29.9 Å². The quantitative estimate of drug-likeness (QED) is 0.601. The summed E-state index contributed by atoms with van der Waals surface area (Å²) in [5.41, 5.74) is 0.902. The van der Waals surface area contributed by atoms with Crippen LogP contribution in [0.25, 0.3) is 10.9 Å². The maximum absolute atomic E-state index is 12.4. The van der Waals surface area contributed by atoms with Crippen LogP contribution in [0.15, 0.2) is 24.3 Å². The third-order valence-electron chi connectivity index (χ3n) is 4.20. The Kier molecular flexibility index (Phi) is 5.74. The molecule has 0 aliphatic heterocycles. The van der Waals surface area contributed by atoms with Gasteiger partial charge in [-0.3, -0.25) is 14.7 Å². The summed E-state index contributed by atoms with van der Waals surface area (Å²) in [6.07, 6.45) is 0.608. The number of H-pyrrole nitrogens is 1. The summed E-state index contributed by atoms with van der Waals surface area (Å²) in [6.45, 7) is 5.09. The molecule has 2 aromatic rings. The Hall–Kier alpha value is -2.90. The zero-order valence-electron chi connectivity index (χ0n) is 14.4. The van der Waals surface area contributed by atoms with Gasteiger partial charge in [0.2, 0.25) is 5.91 Å². The van der Waals surface area contributed by atoms with E-state index >= 15 is 0 Å². The molecule has 0 radical (unpaired) electrons. The molecule has 8 nitrogen and oxygen atoms in total. The number of carbonyl (C=O) groups is 3. The molecular formula is C17H22N4O4. The monoisotopic (exact) mass is 346 g/mol. The second kappa shape index (κ2) is 7.78. The van der Waals surface area contributed by atoms with E-state index in [1.54, 1.807) is 25.1 Å². The number of fused-ring (bicyclic) bond motifs is 1. The smallest absolute Gasteiger partial charge is 0.326 e. The number of aliphatic carboxylic acids is 1. The molecule has 4 N–H and O–H groups in total. The number of carboxylic acids is 1. The predicted molar refractivity (Wildman–Crippen MR) is 92.0 cm³/mol. The van der Waals surface area contributed by atoms with Crippen molar-refractivity contribution in [3.05, 3.63) is 30.0 Å². The van der Waals surface area contributed by atoms with Crippen LogP contribution in [0, 0.1) is 5.92 Å². The molecule has 1 aromatic heterocycles. The Morgan fingerprint density at radius 1 is 1.20 bits per heavy atom. The molecule has 3 atom stereocenters. The maximum Gasteiger partial charge on any atom is 0.326 e. The number of carboxylic acid groups (broad SMARTS) is 1. The molecule has 0 saturated carbocycles. The second-order valence-electron chi connectivity index (χ2n) is 6.02. The van der Waals surface area contributed by atoms with Crippen molar-refractivity contribution < 1.29 is 19.5 Å². The normalized spacial score (nSPS) is 14.5. The lowest BCUT2D eigenvalue weighted by atomic mass is 9.99. The summed E-state index contributed by atoms with van der Waals surface area (Å²) >= 11 is 0. The van der Waals surface area contributed by atoms with Gasteiger partial charge in [0, 0.05) is 5.39 Å². The van der Waals surface area contributed by atoms with Crippen LogP contribution >= 0.6 is 0 Å². The highest BCUT2D eigenvalue weighted by molar-refractivity contribution is 6.06. The molecule has 0 aliphatic rings. The van der Waals surface area contributed by atoms with Crippen LogP contribution < -0.4 is 10.6 Å². The lowest BCUT2D eigenvalue weighted by Gasteiger charge is -2.22. The molecule has 1 aromatic carbocycles. The van der Waals surface area contributed by atoms with Gasteiger partial charge in [0.25, 0.3) is 5.91 Å². The molecule has 134 valence electrons. The number of carbonyl (C=O) groups excluding carboxylic acids is 2. The first-order valence-corrected chi connectivity index (χ1v) is 8.12. The number of nitrogens with one attached hydrogen (secondary N) is 3. The Morgan fingerprint density at radius 2 is 1.88 bits per heavy atom. The van der Waals surface area contributed by atoms with Gasteiger partial charge in [-0.2, -0.15) is 5.10 Å². The highest BCUT2D eigenvalue weighted by Crippen LogP contribution is 2.15. The van der Waals surface area contributed by atoms with E-state index in [0.717, 1.165) is 0 Å². The Balaban J connectivity index is 2.05. The third-order valence-corrected chi connectivity index (χ3v) is 4.20. The zero-order valence-corrected chi connectivity index (χ0v) is 14.4. The fourth-order valence-electron chi connectivity index (χ4n) is 2.43. The van der Waals surface area contributed by atoms with E-state index in [9.17, 15) is 19.5 Å². The van der Waals surface area contributed by atoms with Crippen molar-refractivity contribution in [1.82, 2.24) is 20.8 Å². The van der Waals surface area contributed by atoms with E-state index in [0.29, 0.717) is 17.3 Å². The van der Waals surface area contributed by atoms with Crippen molar-refractivity contribution >= 4 is 28.7 Å². The minimum atomic E-state index is -1.10. The molecule has 8 heteroatoms. The van der Waals surface area contributed by atoms with Gasteiger partial charge in [0.1, 0.15) is 12.1 Å². The van der Waals surface area contributed by atoms with Crippen molar-refractivity contribution in [2.24, 2.45) is 5.92 Å². The highest BCUT2D eigenvalue weighted by Gasteiger charge is 2.28. The summed E-state index contributed by atoms with van der Waals surface area (Å²) in [6, 6.07) is 5.26. The SMILES string of the molecule is CC[C@H](C)[C@H](NC(=O)C(C)NC(=O)c1n[nH]c2ccccc12)C(=O)O. The summed E-state index contributed by atoms with van der Waals surface area (Å²) in [5.74, 6) is -2.38. The average molecular weight is 346 g/mol. The van der Waals surface area contributed by atoms with Crippen molar-refractivity contribution in [2.45, 2.75) is 39.3 Å². The first-order chi connectivity index (χ1) is 11.8. The number of amides is 2. The van der Waals surface area contributed by atoms with Gasteiger partial charge in [-0.05, 0) is 18.9 Å². The summed E-state index contributed by atoms with van der Waals surface area (Å²) in [7, 11) is 0.